The summed E-state index contributed by atoms with van der Waals surface area (Å²) < 4.78 is 0. The van der Waals surface area contributed by atoms with Crippen LogP contribution in [0.1, 0.15) is 46.3 Å². The highest BCUT2D eigenvalue weighted by Gasteiger charge is 2.15. The predicted octanol–water partition coefficient (Wildman–Crippen LogP) is 2.41. The van der Waals surface area contributed by atoms with Gasteiger partial charge in [-0.2, -0.15) is 0 Å². The summed E-state index contributed by atoms with van der Waals surface area (Å²) in [6.07, 6.45) is 1.67. The van der Waals surface area contributed by atoms with Crippen LogP contribution in [0.2, 0.25) is 0 Å². The molecule has 0 aliphatic rings. The molecule has 0 aliphatic carbocycles. The molecule has 0 spiro atoms. The Morgan fingerprint density at radius 3 is 2.60 bits per heavy atom. The molecule has 5 nitrogen and oxygen atoms in total. The van der Waals surface area contributed by atoms with Crippen molar-refractivity contribution in [1.82, 2.24) is 10.3 Å². The SMILES string of the molecule is CC(=O)c1ccc(C(C)NC(=O)c2ccc[nH]2)c(O)c1. The van der Waals surface area contributed by atoms with Crippen molar-refractivity contribution >= 4 is 11.7 Å². The van der Waals surface area contributed by atoms with Gasteiger partial charge in [0.25, 0.3) is 5.91 Å². The van der Waals surface area contributed by atoms with Crippen molar-refractivity contribution in [2.75, 3.05) is 0 Å². The number of ketones is 1. The molecule has 104 valence electrons. The Labute approximate surface area is 116 Å². The van der Waals surface area contributed by atoms with E-state index >= 15 is 0 Å². The van der Waals surface area contributed by atoms with Gasteiger partial charge in [0, 0.05) is 17.3 Å². The molecule has 0 saturated heterocycles. The summed E-state index contributed by atoms with van der Waals surface area (Å²) in [5.41, 5.74) is 1.46. The second-order valence-corrected chi connectivity index (χ2v) is 4.61. The van der Waals surface area contributed by atoms with Gasteiger partial charge in [-0.3, -0.25) is 9.59 Å². The van der Waals surface area contributed by atoms with Crippen LogP contribution in [0.3, 0.4) is 0 Å². The fourth-order valence-corrected chi connectivity index (χ4v) is 1.95. The summed E-state index contributed by atoms with van der Waals surface area (Å²) in [7, 11) is 0. The molecule has 0 fully saturated rings. The minimum absolute atomic E-state index is 0.00279. The van der Waals surface area contributed by atoms with Gasteiger partial charge in [0.15, 0.2) is 5.78 Å². The summed E-state index contributed by atoms with van der Waals surface area (Å²) in [6.45, 7) is 3.20. The summed E-state index contributed by atoms with van der Waals surface area (Å²) in [4.78, 5) is 25.9. The average Bonchev–Trinajstić information content (AvgIpc) is 2.92. The van der Waals surface area contributed by atoms with Gasteiger partial charge >= 0.3 is 0 Å². The van der Waals surface area contributed by atoms with E-state index in [-0.39, 0.29) is 23.5 Å². The minimum atomic E-state index is -0.369. The average molecular weight is 272 g/mol. The van der Waals surface area contributed by atoms with Crippen LogP contribution in [0.5, 0.6) is 5.75 Å². The number of amides is 1. The molecule has 1 aromatic carbocycles. The first-order valence-corrected chi connectivity index (χ1v) is 6.27. The molecule has 1 heterocycles. The second kappa shape index (κ2) is 5.61. The number of carbonyl (C=O) groups excluding carboxylic acids is 2. The Morgan fingerprint density at radius 2 is 2.05 bits per heavy atom. The number of nitrogens with one attached hydrogen (secondary N) is 2. The predicted molar refractivity (Wildman–Crippen MR) is 74.8 cm³/mol. The largest absolute Gasteiger partial charge is 0.508 e. The smallest absolute Gasteiger partial charge is 0.268 e. The number of aromatic hydroxyl groups is 1. The lowest BCUT2D eigenvalue weighted by molar-refractivity contribution is 0.0934. The number of rotatable bonds is 4. The van der Waals surface area contributed by atoms with Gasteiger partial charge in [0.1, 0.15) is 11.4 Å². The first-order valence-electron chi connectivity index (χ1n) is 6.27. The zero-order valence-electron chi connectivity index (χ0n) is 11.3. The summed E-state index contributed by atoms with van der Waals surface area (Å²) in [5.74, 6) is -0.371. The summed E-state index contributed by atoms with van der Waals surface area (Å²) in [6, 6.07) is 7.72. The molecule has 1 atom stereocenters. The van der Waals surface area contributed by atoms with E-state index in [1.54, 1.807) is 37.4 Å². The highest BCUT2D eigenvalue weighted by atomic mass is 16.3. The van der Waals surface area contributed by atoms with E-state index in [1.807, 2.05) is 0 Å². The van der Waals surface area contributed by atoms with Gasteiger partial charge in [-0.1, -0.05) is 12.1 Å². The lowest BCUT2D eigenvalue weighted by Crippen LogP contribution is -2.27. The van der Waals surface area contributed by atoms with Crippen LogP contribution < -0.4 is 5.32 Å². The third kappa shape index (κ3) is 2.88. The Bertz CT molecular complexity index is 633. The van der Waals surface area contributed by atoms with E-state index in [0.717, 1.165) is 0 Å². The van der Waals surface area contributed by atoms with Crippen LogP contribution in [0.25, 0.3) is 0 Å². The van der Waals surface area contributed by atoms with Gasteiger partial charge in [-0.15, -0.1) is 0 Å². The molecule has 0 bridgehead atoms. The molecule has 0 saturated carbocycles. The summed E-state index contributed by atoms with van der Waals surface area (Å²) in [5, 5.41) is 12.7. The van der Waals surface area contributed by atoms with Crippen LogP contribution in [0.4, 0.5) is 0 Å². The van der Waals surface area contributed by atoms with Crippen molar-refractivity contribution in [2.45, 2.75) is 19.9 Å². The molecule has 20 heavy (non-hydrogen) atoms. The second-order valence-electron chi connectivity index (χ2n) is 4.61. The van der Waals surface area contributed by atoms with Crippen molar-refractivity contribution in [3.05, 3.63) is 53.3 Å². The number of hydrogen-bond acceptors (Lipinski definition) is 3. The molecule has 0 radical (unpaired) electrons. The number of phenols is 1. The molecule has 2 rings (SSSR count). The molecule has 1 amide bonds. The van der Waals surface area contributed by atoms with E-state index in [4.69, 9.17) is 0 Å². The van der Waals surface area contributed by atoms with E-state index in [9.17, 15) is 14.7 Å². The Balaban J connectivity index is 2.15. The topological polar surface area (TPSA) is 82.2 Å². The van der Waals surface area contributed by atoms with E-state index in [2.05, 4.69) is 10.3 Å². The maximum absolute atomic E-state index is 11.9. The van der Waals surface area contributed by atoms with Crippen LogP contribution in [-0.4, -0.2) is 21.8 Å². The van der Waals surface area contributed by atoms with Crippen molar-refractivity contribution in [2.24, 2.45) is 0 Å². The first-order chi connectivity index (χ1) is 9.49. The van der Waals surface area contributed by atoms with Crippen LogP contribution in [0.15, 0.2) is 36.5 Å². The van der Waals surface area contributed by atoms with Gasteiger partial charge in [0.05, 0.1) is 6.04 Å². The quantitative estimate of drug-likeness (QED) is 0.747. The lowest BCUT2D eigenvalue weighted by Gasteiger charge is -2.15. The maximum atomic E-state index is 11.9. The molecule has 1 aromatic heterocycles. The van der Waals surface area contributed by atoms with E-state index in [0.29, 0.717) is 16.8 Å². The lowest BCUT2D eigenvalue weighted by atomic mass is 10.0. The molecule has 5 heteroatoms. The van der Waals surface area contributed by atoms with Crippen LogP contribution >= 0.6 is 0 Å². The van der Waals surface area contributed by atoms with E-state index < -0.39 is 0 Å². The molecular weight excluding hydrogens is 256 g/mol. The zero-order valence-corrected chi connectivity index (χ0v) is 11.3. The van der Waals surface area contributed by atoms with Crippen molar-refractivity contribution in [3.63, 3.8) is 0 Å². The highest BCUT2D eigenvalue weighted by Crippen LogP contribution is 2.25. The Hall–Kier alpha value is -2.56. The Morgan fingerprint density at radius 1 is 1.30 bits per heavy atom. The van der Waals surface area contributed by atoms with Crippen molar-refractivity contribution < 1.29 is 14.7 Å². The number of benzene rings is 1. The fraction of sp³-hybridized carbons (Fsp3) is 0.200. The van der Waals surface area contributed by atoms with Gasteiger partial charge in [0.2, 0.25) is 0 Å². The zero-order chi connectivity index (χ0) is 14.7. The van der Waals surface area contributed by atoms with Gasteiger partial charge in [-0.05, 0) is 32.0 Å². The normalized spacial score (nSPS) is 11.9. The number of Topliss-reactive ketones (excluding diaryl/α,β-unsaturated/α-hetero) is 1. The van der Waals surface area contributed by atoms with E-state index in [1.165, 1.54) is 13.0 Å². The maximum Gasteiger partial charge on any atom is 0.268 e. The van der Waals surface area contributed by atoms with Crippen LogP contribution in [0, 0.1) is 0 Å². The number of carbonyl (C=O) groups is 2. The van der Waals surface area contributed by atoms with Crippen LogP contribution in [-0.2, 0) is 0 Å². The molecule has 1 unspecified atom stereocenters. The molecule has 3 N–H and O–H groups in total. The molecule has 2 aromatic rings. The van der Waals surface area contributed by atoms with Crippen molar-refractivity contribution in [3.8, 4) is 5.75 Å². The fourth-order valence-electron chi connectivity index (χ4n) is 1.95. The monoisotopic (exact) mass is 272 g/mol. The Kier molecular flexibility index (Phi) is 3.89. The highest BCUT2D eigenvalue weighted by molar-refractivity contribution is 5.95. The van der Waals surface area contributed by atoms with Gasteiger partial charge in [-0.25, -0.2) is 0 Å². The van der Waals surface area contributed by atoms with Gasteiger partial charge < -0.3 is 15.4 Å². The number of aromatic nitrogens is 1. The number of phenolic OH excluding ortho intramolecular Hbond substituents is 1. The number of H-pyrrole nitrogens is 1. The third-order valence-electron chi connectivity index (χ3n) is 3.09. The van der Waals surface area contributed by atoms with Crippen molar-refractivity contribution in [1.29, 1.82) is 0 Å². The molecule has 0 aliphatic heterocycles. The standard InChI is InChI=1S/C15H16N2O3/c1-9(17-15(20)13-4-3-7-16-13)12-6-5-11(10(2)18)8-14(12)19/h3-9,16,19H,1-2H3,(H,17,20). The third-order valence-corrected chi connectivity index (χ3v) is 3.09. The number of aromatic amines is 1. The number of hydrogen-bond donors (Lipinski definition) is 3. The molecular formula is C15H16N2O3. The summed E-state index contributed by atoms with van der Waals surface area (Å²) >= 11 is 0. The minimum Gasteiger partial charge on any atom is -0.508 e. The first kappa shape index (κ1) is 13.9.